The molecule has 19 heavy (non-hydrogen) atoms. The van der Waals surface area contributed by atoms with E-state index in [-0.39, 0.29) is 5.78 Å². The molecule has 0 aromatic carbocycles. The van der Waals surface area contributed by atoms with Crippen molar-refractivity contribution in [1.29, 1.82) is 0 Å². The zero-order valence-electron chi connectivity index (χ0n) is 12.4. The molecule has 1 atom stereocenters. The van der Waals surface area contributed by atoms with E-state index < -0.39 is 0 Å². The van der Waals surface area contributed by atoms with Crippen LogP contribution in [0.1, 0.15) is 35.6 Å². The van der Waals surface area contributed by atoms with Gasteiger partial charge in [0.15, 0.2) is 5.78 Å². The van der Waals surface area contributed by atoms with Crippen LogP contribution in [0.2, 0.25) is 0 Å². The van der Waals surface area contributed by atoms with Crippen molar-refractivity contribution in [3.63, 3.8) is 0 Å². The lowest BCUT2D eigenvalue weighted by Crippen LogP contribution is -2.43. The zero-order valence-corrected chi connectivity index (χ0v) is 13.2. The van der Waals surface area contributed by atoms with Crippen LogP contribution in [0.5, 0.6) is 0 Å². The van der Waals surface area contributed by atoms with Gasteiger partial charge < -0.3 is 4.57 Å². The quantitative estimate of drug-likeness (QED) is 0.793. The highest BCUT2D eigenvalue weighted by atomic mass is 32.2. The lowest BCUT2D eigenvalue weighted by atomic mass is 10.1. The van der Waals surface area contributed by atoms with E-state index in [1.165, 1.54) is 5.69 Å². The third kappa shape index (κ3) is 3.06. The number of rotatable bonds is 4. The Balaban J connectivity index is 2.11. The van der Waals surface area contributed by atoms with Crippen molar-refractivity contribution < 1.29 is 4.79 Å². The van der Waals surface area contributed by atoms with Crippen LogP contribution in [0.15, 0.2) is 6.07 Å². The summed E-state index contributed by atoms with van der Waals surface area (Å²) in [6.45, 7) is 11.0. The van der Waals surface area contributed by atoms with E-state index in [1.54, 1.807) is 0 Å². The molecule has 1 unspecified atom stereocenters. The molecule has 1 saturated heterocycles. The summed E-state index contributed by atoms with van der Waals surface area (Å²) < 4.78 is 2.21. The molecule has 1 aliphatic heterocycles. The smallest absolute Gasteiger partial charge is 0.178 e. The first kappa shape index (κ1) is 14.7. The van der Waals surface area contributed by atoms with Gasteiger partial charge in [0.1, 0.15) is 0 Å². The van der Waals surface area contributed by atoms with Crippen molar-refractivity contribution in [3.05, 3.63) is 23.0 Å². The summed E-state index contributed by atoms with van der Waals surface area (Å²) in [7, 11) is 0. The van der Waals surface area contributed by atoms with Gasteiger partial charge in [-0.2, -0.15) is 11.8 Å². The first-order valence-corrected chi connectivity index (χ1v) is 8.21. The molecule has 0 N–H and O–H groups in total. The van der Waals surface area contributed by atoms with E-state index in [9.17, 15) is 4.79 Å². The Bertz CT molecular complexity index is 467. The molecule has 106 valence electrons. The molecule has 0 spiro atoms. The first-order chi connectivity index (χ1) is 9.04. The van der Waals surface area contributed by atoms with Crippen LogP contribution < -0.4 is 0 Å². The minimum atomic E-state index is 0.270. The van der Waals surface area contributed by atoms with Crippen molar-refractivity contribution in [2.75, 3.05) is 24.6 Å². The number of thioether (sulfide) groups is 1. The largest absolute Gasteiger partial charge is 0.349 e. The zero-order chi connectivity index (χ0) is 14.0. The van der Waals surface area contributed by atoms with Gasteiger partial charge >= 0.3 is 0 Å². The third-order valence-corrected chi connectivity index (χ3v) is 5.23. The topological polar surface area (TPSA) is 25.2 Å². The molecule has 0 aliphatic carbocycles. The Kier molecular flexibility index (Phi) is 4.74. The summed E-state index contributed by atoms with van der Waals surface area (Å²) in [5.41, 5.74) is 3.21. The molecule has 1 aliphatic rings. The summed E-state index contributed by atoms with van der Waals surface area (Å²) >= 11 is 1.99. The molecular weight excluding hydrogens is 256 g/mol. The highest BCUT2D eigenvalue weighted by Crippen LogP contribution is 2.19. The van der Waals surface area contributed by atoms with Gasteiger partial charge in [-0.1, -0.05) is 0 Å². The van der Waals surface area contributed by atoms with Gasteiger partial charge in [0.05, 0.1) is 6.54 Å². The number of aryl methyl sites for hydroxylation is 1. The fourth-order valence-electron chi connectivity index (χ4n) is 2.84. The SMILES string of the molecule is CCn1c(C)cc(C(=O)CN2CCSCC2C)c1C. The van der Waals surface area contributed by atoms with Crippen molar-refractivity contribution in [2.45, 2.75) is 40.3 Å². The highest BCUT2D eigenvalue weighted by molar-refractivity contribution is 7.99. The van der Waals surface area contributed by atoms with E-state index >= 15 is 0 Å². The van der Waals surface area contributed by atoms with E-state index in [4.69, 9.17) is 0 Å². The molecule has 1 aromatic rings. The summed E-state index contributed by atoms with van der Waals surface area (Å²) in [6, 6.07) is 2.56. The monoisotopic (exact) mass is 280 g/mol. The number of ketones is 1. The lowest BCUT2D eigenvalue weighted by Gasteiger charge is -2.32. The predicted molar refractivity (Wildman–Crippen MR) is 82.3 cm³/mol. The van der Waals surface area contributed by atoms with Gasteiger partial charge in [-0.15, -0.1) is 0 Å². The molecule has 2 heterocycles. The van der Waals surface area contributed by atoms with Crippen LogP contribution in [0.4, 0.5) is 0 Å². The highest BCUT2D eigenvalue weighted by Gasteiger charge is 2.23. The van der Waals surface area contributed by atoms with Gasteiger partial charge in [-0.25, -0.2) is 0 Å². The van der Waals surface area contributed by atoms with Crippen LogP contribution in [0.25, 0.3) is 0 Å². The minimum Gasteiger partial charge on any atom is -0.349 e. The maximum Gasteiger partial charge on any atom is 0.178 e. The van der Waals surface area contributed by atoms with Crippen molar-refractivity contribution >= 4 is 17.5 Å². The average Bonchev–Trinajstić information content (AvgIpc) is 2.67. The number of nitrogens with zero attached hydrogens (tertiary/aromatic N) is 2. The Morgan fingerprint density at radius 3 is 2.79 bits per heavy atom. The fraction of sp³-hybridized carbons (Fsp3) is 0.667. The minimum absolute atomic E-state index is 0.270. The second kappa shape index (κ2) is 6.14. The molecule has 1 fully saturated rings. The number of carbonyl (C=O) groups is 1. The van der Waals surface area contributed by atoms with Crippen molar-refractivity contribution in [2.24, 2.45) is 0 Å². The standard InChI is InChI=1S/C15H24N2OS/c1-5-17-11(2)8-14(13(17)4)15(18)9-16-6-7-19-10-12(16)3/h8,12H,5-7,9-10H2,1-4H3. The summed E-state index contributed by atoms with van der Waals surface area (Å²) in [4.78, 5) is 14.8. The van der Waals surface area contributed by atoms with Gasteiger partial charge in [0.25, 0.3) is 0 Å². The van der Waals surface area contributed by atoms with Crippen molar-refractivity contribution in [3.8, 4) is 0 Å². The molecule has 4 heteroatoms. The molecular formula is C15H24N2OS. The van der Waals surface area contributed by atoms with Crippen LogP contribution in [-0.2, 0) is 6.54 Å². The second-order valence-corrected chi connectivity index (χ2v) is 6.50. The number of aromatic nitrogens is 1. The summed E-state index contributed by atoms with van der Waals surface area (Å²) in [5.74, 6) is 2.55. The Labute approximate surface area is 120 Å². The fourth-order valence-corrected chi connectivity index (χ4v) is 3.92. The normalized spacial score (nSPS) is 20.7. The van der Waals surface area contributed by atoms with Crippen LogP contribution >= 0.6 is 11.8 Å². The Hall–Kier alpha value is -0.740. The first-order valence-electron chi connectivity index (χ1n) is 7.06. The molecule has 3 nitrogen and oxygen atoms in total. The molecule has 0 amide bonds. The summed E-state index contributed by atoms with van der Waals surface area (Å²) in [6.07, 6.45) is 0. The number of hydrogen-bond donors (Lipinski definition) is 0. The number of Topliss-reactive ketones (excluding diaryl/α,β-unsaturated/α-hetero) is 1. The maximum absolute atomic E-state index is 12.5. The van der Waals surface area contributed by atoms with Crippen LogP contribution in [-0.4, -0.2) is 45.9 Å². The molecule has 1 aromatic heterocycles. The second-order valence-electron chi connectivity index (χ2n) is 5.35. The lowest BCUT2D eigenvalue weighted by molar-refractivity contribution is 0.0910. The van der Waals surface area contributed by atoms with Crippen LogP contribution in [0, 0.1) is 13.8 Å². The van der Waals surface area contributed by atoms with Crippen LogP contribution in [0.3, 0.4) is 0 Å². The van der Waals surface area contributed by atoms with E-state index in [0.29, 0.717) is 12.6 Å². The number of carbonyl (C=O) groups excluding carboxylic acids is 1. The number of hydrogen-bond acceptors (Lipinski definition) is 3. The van der Waals surface area contributed by atoms with Crippen molar-refractivity contribution in [1.82, 2.24) is 9.47 Å². The van der Waals surface area contributed by atoms with Gasteiger partial charge in [0.2, 0.25) is 0 Å². The Morgan fingerprint density at radius 2 is 2.21 bits per heavy atom. The van der Waals surface area contributed by atoms with Gasteiger partial charge in [-0.05, 0) is 33.8 Å². The molecule has 0 bridgehead atoms. The van der Waals surface area contributed by atoms with E-state index in [2.05, 4.69) is 37.2 Å². The molecule has 0 saturated carbocycles. The van der Waals surface area contributed by atoms with E-state index in [1.807, 2.05) is 17.8 Å². The average molecular weight is 280 g/mol. The van der Waals surface area contributed by atoms with Gasteiger partial charge in [0, 0.05) is 47.6 Å². The molecule has 0 radical (unpaired) electrons. The maximum atomic E-state index is 12.5. The third-order valence-electron chi connectivity index (χ3n) is 4.04. The Morgan fingerprint density at radius 1 is 1.47 bits per heavy atom. The van der Waals surface area contributed by atoms with E-state index in [0.717, 1.165) is 35.9 Å². The molecule has 2 rings (SSSR count). The summed E-state index contributed by atoms with van der Waals surface area (Å²) in [5, 5.41) is 0. The van der Waals surface area contributed by atoms with Gasteiger partial charge in [-0.3, -0.25) is 9.69 Å². The predicted octanol–water partition coefficient (Wildman–Crippen LogP) is 2.74.